The first kappa shape index (κ1) is 15.5. The SMILES string of the molecule is Cc1cc(C(O)C(CN)c2ccc(Cl)cc2)ccc1Br. The fraction of sp³-hybridized carbons (Fsp3) is 0.250. The highest BCUT2D eigenvalue weighted by molar-refractivity contribution is 9.10. The molecule has 2 rings (SSSR count). The average molecular weight is 355 g/mol. The minimum absolute atomic E-state index is 0.146. The van der Waals surface area contributed by atoms with Gasteiger partial charge in [0.2, 0.25) is 0 Å². The van der Waals surface area contributed by atoms with Gasteiger partial charge in [0, 0.05) is 22.0 Å². The topological polar surface area (TPSA) is 46.2 Å². The van der Waals surface area contributed by atoms with Gasteiger partial charge in [-0.25, -0.2) is 0 Å². The molecule has 0 spiro atoms. The highest BCUT2D eigenvalue weighted by Crippen LogP contribution is 2.32. The molecule has 0 aromatic heterocycles. The van der Waals surface area contributed by atoms with Gasteiger partial charge in [-0.1, -0.05) is 51.8 Å². The second kappa shape index (κ2) is 6.72. The van der Waals surface area contributed by atoms with E-state index in [1.807, 2.05) is 49.4 Å². The third kappa shape index (κ3) is 3.41. The predicted molar refractivity (Wildman–Crippen MR) is 87.1 cm³/mol. The van der Waals surface area contributed by atoms with Crippen molar-refractivity contribution >= 4 is 27.5 Å². The minimum Gasteiger partial charge on any atom is -0.388 e. The molecule has 0 amide bonds. The molecule has 0 saturated heterocycles. The van der Waals surface area contributed by atoms with Gasteiger partial charge < -0.3 is 10.8 Å². The Morgan fingerprint density at radius 3 is 2.30 bits per heavy atom. The number of halogens is 2. The highest BCUT2D eigenvalue weighted by Gasteiger charge is 2.21. The van der Waals surface area contributed by atoms with E-state index < -0.39 is 6.10 Å². The van der Waals surface area contributed by atoms with Crippen LogP contribution in [0.2, 0.25) is 5.02 Å². The summed E-state index contributed by atoms with van der Waals surface area (Å²) in [5, 5.41) is 11.3. The number of benzene rings is 2. The zero-order valence-electron chi connectivity index (χ0n) is 11.2. The van der Waals surface area contributed by atoms with Gasteiger partial charge in [0.15, 0.2) is 0 Å². The Morgan fingerprint density at radius 2 is 1.75 bits per heavy atom. The highest BCUT2D eigenvalue weighted by atomic mass is 79.9. The molecule has 3 N–H and O–H groups in total. The quantitative estimate of drug-likeness (QED) is 0.865. The largest absolute Gasteiger partial charge is 0.388 e. The molecule has 106 valence electrons. The summed E-state index contributed by atoms with van der Waals surface area (Å²) in [6.07, 6.45) is -0.632. The van der Waals surface area contributed by atoms with Crippen molar-refractivity contribution in [2.45, 2.75) is 18.9 Å². The molecule has 4 heteroatoms. The maximum atomic E-state index is 10.6. The van der Waals surface area contributed by atoms with Crippen molar-refractivity contribution in [3.05, 3.63) is 68.7 Å². The van der Waals surface area contributed by atoms with Crippen molar-refractivity contribution in [1.82, 2.24) is 0 Å². The molecule has 2 unspecified atom stereocenters. The number of nitrogens with two attached hydrogens (primary N) is 1. The van der Waals surface area contributed by atoms with Crippen LogP contribution in [0.1, 0.15) is 28.7 Å². The van der Waals surface area contributed by atoms with Crippen LogP contribution in [0.3, 0.4) is 0 Å². The van der Waals surface area contributed by atoms with Crippen LogP contribution in [-0.2, 0) is 0 Å². The summed E-state index contributed by atoms with van der Waals surface area (Å²) in [6.45, 7) is 2.37. The Morgan fingerprint density at radius 1 is 1.15 bits per heavy atom. The van der Waals surface area contributed by atoms with E-state index in [1.54, 1.807) is 0 Å². The van der Waals surface area contributed by atoms with E-state index in [9.17, 15) is 5.11 Å². The summed E-state index contributed by atoms with van der Waals surface area (Å²) < 4.78 is 1.03. The number of hydrogen-bond donors (Lipinski definition) is 2. The van der Waals surface area contributed by atoms with Crippen molar-refractivity contribution in [2.24, 2.45) is 5.73 Å². The Labute approximate surface area is 132 Å². The second-order valence-electron chi connectivity index (χ2n) is 4.85. The molecule has 0 aliphatic rings. The van der Waals surface area contributed by atoms with Gasteiger partial charge in [-0.15, -0.1) is 0 Å². The van der Waals surface area contributed by atoms with Crippen molar-refractivity contribution in [2.75, 3.05) is 6.54 Å². The standard InChI is InChI=1S/C16H17BrClNO/c1-10-8-12(4-7-15(10)17)16(20)14(9-19)11-2-5-13(18)6-3-11/h2-8,14,16,20H,9,19H2,1H3. The summed E-state index contributed by atoms with van der Waals surface area (Å²) in [6, 6.07) is 13.3. The van der Waals surface area contributed by atoms with E-state index in [0.717, 1.165) is 21.2 Å². The normalized spacial score (nSPS) is 14.1. The summed E-state index contributed by atoms with van der Waals surface area (Å²) in [5.41, 5.74) is 8.80. The predicted octanol–water partition coefficient (Wildman–Crippen LogP) is 4.19. The summed E-state index contributed by atoms with van der Waals surface area (Å²) in [4.78, 5) is 0. The Bertz CT molecular complexity index is 586. The van der Waals surface area contributed by atoms with E-state index in [-0.39, 0.29) is 5.92 Å². The summed E-state index contributed by atoms with van der Waals surface area (Å²) in [7, 11) is 0. The molecule has 0 saturated carbocycles. The maximum absolute atomic E-state index is 10.6. The fourth-order valence-corrected chi connectivity index (χ4v) is 2.61. The van der Waals surface area contributed by atoms with E-state index >= 15 is 0 Å². The monoisotopic (exact) mass is 353 g/mol. The Balaban J connectivity index is 2.30. The third-order valence-electron chi connectivity index (χ3n) is 3.46. The molecule has 0 aliphatic heterocycles. The molecule has 0 fully saturated rings. The third-order valence-corrected chi connectivity index (χ3v) is 4.60. The maximum Gasteiger partial charge on any atom is 0.0870 e. The van der Waals surface area contributed by atoms with Crippen LogP contribution in [0, 0.1) is 6.92 Å². The number of hydrogen-bond acceptors (Lipinski definition) is 2. The zero-order valence-corrected chi connectivity index (χ0v) is 13.5. The van der Waals surface area contributed by atoms with Crippen LogP contribution in [0.25, 0.3) is 0 Å². The van der Waals surface area contributed by atoms with Gasteiger partial charge >= 0.3 is 0 Å². The molecule has 0 heterocycles. The molecule has 20 heavy (non-hydrogen) atoms. The first-order valence-corrected chi connectivity index (χ1v) is 7.59. The molecule has 2 nitrogen and oxygen atoms in total. The number of rotatable bonds is 4. The van der Waals surface area contributed by atoms with E-state index in [2.05, 4.69) is 15.9 Å². The van der Waals surface area contributed by atoms with Crippen molar-refractivity contribution in [3.63, 3.8) is 0 Å². The minimum atomic E-state index is -0.632. The number of aliphatic hydroxyl groups excluding tert-OH is 1. The van der Waals surface area contributed by atoms with Gasteiger partial charge in [-0.05, 0) is 41.8 Å². The average Bonchev–Trinajstić information content (AvgIpc) is 2.44. The van der Waals surface area contributed by atoms with E-state index in [0.29, 0.717) is 11.6 Å². The first-order valence-electron chi connectivity index (χ1n) is 6.42. The zero-order chi connectivity index (χ0) is 14.7. The van der Waals surface area contributed by atoms with Gasteiger partial charge in [0.25, 0.3) is 0 Å². The van der Waals surface area contributed by atoms with Crippen molar-refractivity contribution in [3.8, 4) is 0 Å². The lowest BCUT2D eigenvalue weighted by molar-refractivity contribution is 0.147. The lowest BCUT2D eigenvalue weighted by atomic mass is 9.89. The molecule has 0 bridgehead atoms. The molecular weight excluding hydrogens is 338 g/mol. The van der Waals surface area contributed by atoms with E-state index in [1.165, 1.54) is 0 Å². The van der Waals surface area contributed by atoms with Gasteiger partial charge in [-0.2, -0.15) is 0 Å². The lowest BCUT2D eigenvalue weighted by Crippen LogP contribution is -2.20. The summed E-state index contributed by atoms with van der Waals surface area (Å²) in [5.74, 6) is -0.146. The van der Waals surface area contributed by atoms with Crippen molar-refractivity contribution in [1.29, 1.82) is 0 Å². The van der Waals surface area contributed by atoms with Crippen LogP contribution in [0.4, 0.5) is 0 Å². The van der Waals surface area contributed by atoms with E-state index in [4.69, 9.17) is 17.3 Å². The fourth-order valence-electron chi connectivity index (χ4n) is 2.24. The first-order chi connectivity index (χ1) is 9.52. The Kier molecular flexibility index (Phi) is 5.22. The summed E-state index contributed by atoms with van der Waals surface area (Å²) >= 11 is 9.36. The van der Waals surface area contributed by atoms with Crippen LogP contribution in [0.5, 0.6) is 0 Å². The van der Waals surface area contributed by atoms with Gasteiger partial charge in [0.1, 0.15) is 0 Å². The number of aliphatic hydroxyl groups is 1. The van der Waals surface area contributed by atoms with Gasteiger partial charge in [-0.3, -0.25) is 0 Å². The van der Waals surface area contributed by atoms with Gasteiger partial charge in [0.05, 0.1) is 6.10 Å². The van der Waals surface area contributed by atoms with Crippen LogP contribution in [0.15, 0.2) is 46.9 Å². The molecule has 2 aromatic rings. The second-order valence-corrected chi connectivity index (χ2v) is 6.14. The Hall–Kier alpha value is -0.870. The molecular formula is C16H17BrClNO. The van der Waals surface area contributed by atoms with Crippen LogP contribution >= 0.6 is 27.5 Å². The molecule has 0 radical (unpaired) electrons. The molecule has 0 aliphatic carbocycles. The lowest BCUT2D eigenvalue weighted by Gasteiger charge is -2.23. The molecule has 2 atom stereocenters. The smallest absolute Gasteiger partial charge is 0.0870 e. The van der Waals surface area contributed by atoms with Crippen LogP contribution < -0.4 is 5.73 Å². The number of aryl methyl sites for hydroxylation is 1. The van der Waals surface area contributed by atoms with Crippen molar-refractivity contribution < 1.29 is 5.11 Å². The molecule has 2 aromatic carbocycles. The van der Waals surface area contributed by atoms with Crippen LogP contribution in [-0.4, -0.2) is 11.7 Å².